The van der Waals surface area contributed by atoms with Crippen molar-refractivity contribution in [3.05, 3.63) is 0 Å². The Morgan fingerprint density at radius 1 is 1.62 bits per heavy atom. The Morgan fingerprint density at radius 2 is 2.25 bits per heavy atom. The molecule has 2 atom stereocenters. The van der Waals surface area contributed by atoms with Gasteiger partial charge in [-0.25, -0.2) is 4.79 Å². The summed E-state index contributed by atoms with van der Waals surface area (Å²) in [4.78, 5) is 22.8. The molecule has 0 saturated carbocycles. The molecule has 1 heterocycles. The molecule has 2 unspecified atom stereocenters. The van der Waals surface area contributed by atoms with Gasteiger partial charge in [-0.1, -0.05) is 0 Å². The van der Waals surface area contributed by atoms with Gasteiger partial charge in [0.15, 0.2) is 0 Å². The average Bonchev–Trinajstić information content (AvgIpc) is 2.44. The summed E-state index contributed by atoms with van der Waals surface area (Å²) >= 11 is 0. The highest BCUT2D eigenvalue weighted by molar-refractivity contribution is 5.87. The topological polar surface area (TPSA) is 87.7 Å². The van der Waals surface area contributed by atoms with Crippen LogP contribution in [0.3, 0.4) is 0 Å². The van der Waals surface area contributed by atoms with Crippen molar-refractivity contribution in [3.63, 3.8) is 0 Å². The van der Waals surface area contributed by atoms with Crippen LogP contribution < -0.4 is 10.6 Å². The molecule has 0 aliphatic carbocycles. The summed E-state index contributed by atoms with van der Waals surface area (Å²) in [5, 5.41) is 14.0. The minimum absolute atomic E-state index is 0.154. The van der Waals surface area contributed by atoms with Gasteiger partial charge in [0.05, 0.1) is 6.61 Å². The van der Waals surface area contributed by atoms with Crippen LogP contribution in [0.2, 0.25) is 0 Å². The number of hydrogen-bond donors (Lipinski definition) is 3. The van der Waals surface area contributed by atoms with Crippen LogP contribution in [-0.2, 0) is 9.53 Å². The fourth-order valence-corrected chi connectivity index (χ4v) is 1.46. The monoisotopic (exact) mass is 230 g/mol. The Bertz CT molecular complexity index is 285. The van der Waals surface area contributed by atoms with E-state index in [1.54, 1.807) is 20.8 Å². The predicted molar refractivity (Wildman–Crippen MR) is 56.7 cm³/mol. The number of rotatable bonds is 2. The first-order valence-corrected chi connectivity index (χ1v) is 5.21. The Morgan fingerprint density at radius 3 is 2.75 bits per heavy atom. The van der Waals surface area contributed by atoms with E-state index in [0.29, 0.717) is 6.54 Å². The maximum absolute atomic E-state index is 11.4. The Balaban J connectivity index is 2.52. The zero-order valence-electron chi connectivity index (χ0n) is 9.74. The quantitative estimate of drug-likeness (QED) is 0.603. The van der Waals surface area contributed by atoms with Crippen LogP contribution in [0, 0.1) is 5.92 Å². The van der Waals surface area contributed by atoms with Gasteiger partial charge < -0.3 is 20.5 Å². The van der Waals surface area contributed by atoms with Crippen molar-refractivity contribution in [1.29, 1.82) is 0 Å². The Kier molecular flexibility index (Phi) is 3.74. The largest absolute Gasteiger partial charge is 0.444 e. The van der Waals surface area contributed by atoms with Crippen LogP contribution in [0.4, 0.5) is 4.79 Å². The molecule has 0 radical (unpaired) electrons. The number of carbonyl (C=O) groups is 2. The number of amides is 2. The predicted octanol–water partition coefficient (Wildman–Crippen LogP) is -0.382. The second kappa shape index (κ2) is 4.69. The minimum Gasteiger partial charge on any atom is -0.444 e. The fraction of sp³-hybridized carbons (Fsp3) is 0.800. The van der Waals surface area contributed by atoms with E-state index in [1.165, 1.54) is 0 Å². The third kappa shape index (κ3) is 3.37. The second-order valence-corrected chi connectivity index (χ2v) is 4.81. The smallest absolute Gasteiger partial charge is 0.408 e. The van der Waals surface area contributed by atoms with Gasteiger partial charge in [-0.2, -0.15) is 0 Å². The minimum atomic E-state index is -0.708. The number of carbonyl (C=O) groups excluding carboxylic acids is 2. The van der Waals surface area contributed by atoms with Crippen molar-refractivity contribution in [2.24, 2.45) is 5.92 Å². The highest BCUT2D eigenvalue weighted by Gasteiger charge is 2.36. The zero-order chi connectivity index (χ0) is 12.3. The number of hydrogen-bond acceptors (Lipinski definition) is 4. The highest BCUT2D eigenvalue weighted by Crippen LogP contribution is 2.11. The van der Waals surface area contributed by atoms with Gasteiger partial charge in [-0.3, -0.25) is 4.79 Å². The molecule has 16 heavy (non-hydrogen) atoms. The SMILES string of the molecule is CC(C)(C)OC(=O)NC1C(=O)NCC1CO. The zero-order valence-corrected chi connectivity index (χ0v) is 9.74. The molecule has 0 aromatic heterocycles. The van der Waals surface area contributed by atoms with Crippen molar-refractivity contribution < 1.29 is 19.4 Å². The molecule has 1 saturated heterocycles. The first-order chi connectivity index (χ1) is 7.33. The number of alkyl carbamates (subject to hydrolysis) is 1. The van der Waals surface area contributed by atoms with E-state index in [9.17, 15) is 9.59 Å². The van der Waals surface area contributed by atoms with Crippen molar-refractivity contribution >= 4 is 12.0 Å². The summed E-state index contributed by atoms with van der Waals surface area (Å²) in [6.07, 6.45) is -0.645. The molecule has 0 aromatic carbocycles. The molecule has 0 aromatic rings. The number of aliphatic hydroxyl groups excluding tert-OH is 1. The molecule has 3 N–H and O–H groups in total. The summed E-state index contributed by atoms with van der Waals surface area (Å²) < 4.78 is 5.03. The second-order valence-electron chi connectivity index (χ2n) is 4.81. The maximum Gasteiger partial charge on any atom is 0.408 e. The Hall–Kier alpha value is -1.30. The highest BCUT2D eigenvalue weighted by atomic mass is 16.6. The summed E-state index contributed by atoms with van der Waals surface area (Å²) in [5.41, 5.74) is -0.603. The molecule has 6 nitrogen and oxygen atoms in total. The lowest BCUT2D eigenvalue weighted by Gasteiger charge is -2.22. The molecule has 1 aliphatic rings. The number of ether oxygens (including phenoxy) is 1. The van der Waals surface area contributed by atoms with Gasteiger partial charge in [0.1, 0.15) is 11.6 Å². The Labute approximate surface area is 94.3 Å². The van der Waals surface area contributed by atoms with Crippen LogP contribution in [0.5, 0.6) is 0 Å². The van der Waals surface area contributed by atoms with Crippen molar-refractivity contribution in [3.8, 4) is 0 Å². The third-order valence-electron chi connectivity index (χ3n) is 2.20. The molecule has 1 rings (SSSR count). The van der Waals surface area contributed by atoms with Crippen molar-refractivity contribution in [2.45, 2.75) is 32.4 Å². The molecule has 92 valence electrons. The number of nitrogens with one attached hydrogen (secondary N) is 2. The lowest BCUT2D eigenvalue weighted by atomic mass is 10.1. The number of aliphatic hydroxyl groups is 1. The molecular weight excluding hydrogens is 212 g/mol. The van der Waals surface area contributed by atoms with Gasteiger partial charge in [0.2, 0.25) is 5.91 Å². The summed E-state index contributed by atoms with van der Waals surface area (Å²) in [5.74, 6) is -0.579. The van der Waals surface area contributed by atoms with Gasteiger partial charge in [0, 0.05) is 12.5 Å². The fourth-order valence-electron chi connectivity index (χ4n) is 1.46. The van der Waals surface area contributed by atoms with E-state index in [-0.39, 0.29) is 18.4 Å². The molecule has 1 aliphatic heterocycles. The summed E-state index contributed by atoms with van der Waals surface area (Å²) in [6, 6.07) is -0.708. The summed E-state index contributed by atoms with van der Waals surface area (Å²) in [7, 11) is 0. The average molecular weight is 230 g/mol. The van der Waals surface area contributed by atoms with E-state index >= 15 is 0 Å². The van der Waals surface area contributed by atoms with Crippen LogP contribution in [-0.4, -0.2) is 41.9 Å². The molecule has 2 amide bonds. The van der Waals surface area contributed by atoms with Gasteiger partial charge >= 0.3 is 6.09 Å². The first kappa shape index (κ1) is 12.8. The van der Waals surface area contributed by atoms with E-state index in [0.717, 1.165) is 0 Å². The lowest BCUT2D eigenvalue weighted by Crippen LogP contribution is -2.46. The molecule has 1 fully saturated rings. The molecular formula is C10H18N2O4. The molecule has 6 heteroatoms. The van der Waals surface area contributed by atoms with Crippen LogP contribution in [0.15, 0.2) is 0 Å². The summed E-state index contributed by atoms with van der Waals surface area (Å²) in [6.45, 7) is 5.44. The van der Waals surface area contributed by atoms with E-state index < -0.39 is 17.7 Å². The lowest BCUT2D eigenvalue weighted by molar-refractivity contribution is -0.121. The third-order valence-corrected chi connectivity index (χ3v) is 2.20. The van der Waals surface area contributed by atoms with Crippen LogP contribution in [0.1, 0.15) is 20.8 Å². The van der Waals surface area contributed by atoms with Crippen LogP contribution in [0.25, 0.3) is 0 Å². The first-order valence-electron chi connectivity index (χ1n) is 5.21. The molecule has 0 spiro atoms. The van der Waals surface area contributed by atoms with Gasteiger partial charge in [-0.15, -0.1) is 0 Å². The van der Waals surface area contributed by atoms with Gasteiger partial charge in [-0.05, 0) is 20.8 Å². The van der Waals surface area contributed by atoms with Crippen molar-refractivity contribution in [1.82, 2.24) is 10.6 Å². The van der Waals surface area contributed by atoms with Crippen molar-refractivity contribution in [2.75, 3.05) is 13.2 Å². The van der Waals surface area contributed by atoms with E-state index in [1.807, 2.05) is 0 Å². The maximum atomic E-state index is 11.4. The van der Waals surface area contributed by atoms with E-state index in [4.69, 9.17) is 9.84 Å². The molecule has 0 bridgehead atoms. The van der Waals surface area contributed by atoms with Gasteiger partial charge in [0.25, 0.3) is 0 Å². The van der Waals surface area contributed by atoms with E-state index in [2.05, 4.69) is 10.6 Å². The standard InChI is InChI=1S/C10H18N2O4/c1-10(2,3)16-9(15)12-7-6(5-13)4-11-8(7)14/h6-7,13H,4-5H2,1-3H3,(H,11,14)(H,12,15). The van der Waals surface area contributed by atoms with Crippen LogP contribution >= 0.6 is 0 Å². The normalized spacial score (nSPS) is 25.1.